The highest BCUT2D eigenvalue weighted by Crippen LogP contribution is 2.30. The van der Waals surface area contributed by atoms with Gasteiger partial charge in [-0.2, -0.15) is 0 Å². The van der Waals surface area contributed by atoms with Crippen molar-refractivity contribution in [2.75, 3.05) is 11.9 Å². The fourth-order valence-corrected chi connectivity index (χ4v) is 1.83. The lowest BCUT2D eigenvalue weighted by molar-refractivity contribution is 0.886. The summed E-state index contributed by atoms with van der Waals surface area (Å²) in [5, 5.41) is 3.51. The number of aromatic nitrogens is 2. The lowest BCUT2D eigenvalue weighted by Gasteiger charge is -2.11. The zero-order valence-corrected chi connectivity index (χ0v) is 9.13. The Kier molecular flexibility index (Phi) is 2.37. The molecule has 3 nitrogen and oxygen atoms in total. The molecule has 2 aromatic rings. The predicted octanol–water partition coefficient (Wildman–Crippen LogP) is 2.69. The third kappa shape index (κ3) is 1.94. The Labute approximate surface area is 95.1 Å². The summed E-state index contributed by atoms with van der Waals surface area (Å²) in [5.74, 6) is 0.885. The summed E-state index contributed by atoms with van der Waals surface area (Å²) in [6.45, 7) is 1.09. The topological polar surface area (TPSA) is 29.9 Å². The van der Waals surface area contributed by atoms with Crippen LogP contribution in [-0.4, -0.2) is 16.1 Å². The summed E-state index contributed by atoms with van der Waals surface area (Å²) < 4.78 is 2.04. The van der Waals surface area contributed by atoms with E-state index in [2.05, 4.69) is 34.6 Å². The van der Waals surface area contributed by atoms with Crippen LogP contribution in [0.1, 0.15) is 12.8 Å². The van der Waals surface area contributed by atoms with Gasteiger partial charge >= 0.3 is 0 Å². The first-order valence-electron chi connectivity index (χ1n) is 5.75. The molecule has 0 amide bonds. The zero-order valence-electron chi connectivity index (χ0n) is 9.13. The van der Waals surface area contributed by atoms with E-state index in [0.717, 1.165) is 12.5 Å². The molecule has 0 bridgehead atoms. The Morgan fingerprint density at radius 3 is 2.94 bits per heavy atom. The molecule has 16 heavy (non-hydrogen) atoms. The Balaban J connectivity index is 1.85. The van der Waals surface area contributed by atoms with Crippen molar-refractivity contribution in [3.63, 3.8) is 0 Å². The Morgan fingerprint density at radius 2 is 2.19 bits per heavy atom. The first-order valence-corrected chi connectivity index (χ1v) is 5.75. The molecule has 1 N–H and O–H groups in total. The maximum absolute atomic E-state index is 4.08. The van der Waals surface area contributed by atoms with E-state index in [1.807, 2.05) is 17.1 Å². The Morgan fingerprint density at radius 1 is 1.31 bits per heavy atom. The molecule has 1 aromatic carbocycles. The van der Waals surface area contributed by atoms with Crippen LogP contribution in [0.5, 0.6) is 0 Å². The van der Waals surface area contributed by atoms with Crippen LogP contribution < -0.4 is 5.32 Å². The number of hydrogen-bond acceptors (Lipinski definition) is 2. The van der Waals surface area contributed by atoms with Gasteiger partial charge in [-0.25, -0.2) is 4.98 Å². The van der Waals surface area contributed by atoms with Gasteiger partial charge in [-0.1, -0.05) is 12.1 Å². The molecule has 1 aliphatic carbocycles. The maximum Gasteiger partial charge on any atom is 0.0992 e. The van der Waals surface area contributed by atoms with E-state index in [1.54, 1.807) is 6.20 Å². The van der Waals surface area contributed by atoms with E-state index in [-0.39, 0.29) is 0 Å². The van der Waals surface area contributed by atoms with Gasteiger partial charge in [-0.05, 0) is 30.9 Å². The summed E-state index contributed by atoms with van der Waals surface area (Å²) in [6, 6.07) is 8.35. The van der Waals surface area contributed by atoms with Crippen molar-refractivity contribution in [3.8, 4) is 5.69 Å². The molecular weight excluding hydrogens is 198 g/mol. The smallest absolute Gasteiger partial charge is 0.0992 e. The van der Waals surface area contributed by atoms with Crippen molar-refractivity contribution in [3.05, 3.63) is 43.0 Å². The van der Waals surface area contributed by atoms with Crippen LogP contribution in [0, 0.1) is 5.92 Å². The fraction of sp³-hybridized carbons (Fsp3) is 0.308. The minimum atomic E-state index is 0.885. The quantitative estimate of drug-likeness (QED) is 0.846. The zero-order chi connectivity index (χ0) is 10.8. The van der Waals surface area contributed by atoms with E-state index in [4.69, 9.17) is 0 Å². The monoisotopic (exact) mass is 213 g/mol. The lowest BCUT2D eigenvalue weighted by Crippen LogP contribution is -2.06. The van der Waals surface area contributed by atoms with E-state index in [1.165, 1.54) is 24.2 Å². The SMILES string of the molecule is c1ccc(-n2ccnc2)c(NCC2CC2)c1. The van der Waals surface area contributed by atoms with E-state index in [9.17, 15) is 0 Å². The van der Waals surface area contributed by atoms with Gasteiger partial charge in [0.15, 0.2) is 0 Å². The maximum atomic E-state index is 4.08. The first-order chi connectivity index (χ1) is 7.93. The molecule has 0 aliphatic heterocycles. The van der Waals surface area contributed by atoms with Gasteiger partial charge in [-0.15, -0.1) is 0 Å². The summed E-state index contributed by atoms with van der Waals surface area (Å²) in [5.41, 5.74) is 2.35. The second kappa shape index (κ2) is 4.00. The molecule has 0 unspecified atom stereocenters. The molecule has 1 fully saturated rings. The van der Waals surface area contributed by atoms with Crippen LogP contribution >= 0.6 is 0 Å². The number of nitrogens with zero attached hydrogens (tertiary/aromatic N) is 2. The number of anilines is 1. The summed E-state index contributed by atoms with van der Waals surface area (Å²) in [7, 11) is 0. The molecule has 1 heterocycles. The van der Waals surface area contributed by atoms with Crippen LogP contribution in [0.25, 0.3) is 5.69 Å². The summed E-state index contributed by atoms with van der Waals surface area (Å²) >= 11 is 0. The van der Waals surface area contributed by atoms with Crippen molar-refractivity contribution in [2.45, 2.75) is 12.8 Å². The highest BCUT2D eigenvalue weighted by atomic mass is 15.1. The highest BCUT2D eigenvalue weighted by molar-refractivity contribution is 5.60. The second-order valence-corrected chi connectivity index (χ2v) is 4.31. The Hall–Kier alpha value is -1.77. The minimum absolute atomic E-state index is 0.885. The van der Waals surface area contributed by atoms with Gasteiger partial charge in [0.2, 0.25) is 0 Å². The molecule has 0 spiro atoms. The highest BCUT2D eigenvalue weighted by Gasteiger charge is 2.20. The molecule has 3 heteroatoms. The molecule has 0 atom stereocenters. The molecule has 0 radical (unpaired) electrons. The lowest BCUT2D eigenvalue weighted by atomic mass is 10.2. The van der Waals surface area contributed by atoms with Crippen LogP contribution in [0.4, 0.5) is 5.69 Å². The van der Waals surface area contributed by atoms with Gasteiger partial charge in [0, 0.05) is 18.9 Å². The van der Waals surface area contributed by atoms with Crippen LogP contribution in [0.15, 0.2) is 43.0 Å². The third-order valence-electron chi connectivity index (χ3n) is 2.96. The average Bonchev–Trinajstić information content (AvgIpc) is 3.00. The molecule has 82 valence electrons. The van der Waals surface area contributed by atoms with E-state index < -0.39 is 0 Å². The number of rotatable bonds is 4. The van der Waals surface area contributed by atoms with Crippen molar-refractivity contribution in [1.29, 1.82) is 0 Å². The number of para-hydroxylation sites is 2. The van der Waals surface area contributed by atoms with E-state index in [0.29, 0.717) is 0 Å². The minimum Gasteiger partial charge on any atom is -0.383 e. The second-order valence-electron chi connectivity index (χ2n) is 4.31. The van der Waals surface area contributed by atoms with Crippen LogP contribution in [0.3, 0.4) is 0 Å². The van der Waals surface area contributed by atoms with Crippen LogP contribution in [0.2, 0.25) is 0 Å². The van der Waals surface area contributed by atoms with Crippen molar-refractivity contribution in [1.82, 2.24) is 9.55 Å². The summed E-state index contributed by atoms with van der Waals surface area (Å²) in [4.78, 5) is 4.08. The van der Waals surface area contributed by atoms with Gasteiger partial charge in [0.1, 0.15) is 0 Å². The average molecular weight is 213 g/mol. The molecular formula is C13H15N3. The van der Waals surface area contributed by atoms with E-state index >= 15 is 0 Å². The van der Waals surface area contributed by atoms with Gasteiger partial charge in [-0.3, -0.25) is 0 Å². The van der Waals surface area contributed by atoms with Crippen LogP contribution in [-0.2, 0) is 0 Å². The fourth-order valence-electron chi connectivity index (χ4n) is 1.83. The number of benzene rings is 1. The third-order valence-corrected chi connectivity index (χ3v) is 2.96. The van der Waals surface area contributed by atoms with Crippen molar-refractivity contribution >= 4 is 5.69 Å². The molecule has 1 aliphatic rings. The van der Waals surface area contributed by atoms with Crippen molar-refractivity contribution in [2.24, 2.45) is 5.92 Å². The largest absolute Gasteiger partial charge is 0.383 e. The van der Waals surface area contributed by atoms with Gasteiger partial charge in [0.25, 0.3) is 0 Å². The number of imidazole rings is 1. The Bertz CT molecular complexity index is 458. The predicted molar refractivity (Wildman–Crippen MR) is 64.8 cm³/mol. The molecule has 1 aromatic heterocycles. The normalized spacial score (nSPS) is 15.0. The molecule has 0 saturated heterocycles. The number of nitrogens with one attached hydrogen (secondary N) is 1. The summed E-state index contributed by atoms with van der Waals surface area (Å²) in [6.07, 6.45) is 8.35. The number of hydrogen-bond donors (Lipinski definition) is 1. The van der Waals surface area contributed by atoms with Crippen molar-refractivity contribution < 1.29 is 0 Å². The van der Waals surface area contributed by atoms with Gasteiger partial charge in [0.05, 0.1) is 17.7 Å². The van der Waals surface area contributed by atoms with Gasteiger partial charge < -0.3 is 9.88 Å². The molecule has 3 rings (SSSR count). The molecule has 1 saturated carbocycles. The first kappa shape index (κ1) is 9.46. The standard InChI is InChI=1S/C13H15N3/c1-2-4-13(16-8-7-14-10-16)12(3-1)15-9-11-5-6-11/h1-4,7-8,10-11,15H,5-6,9H2.